The van der Waals surface area contributed by atoms with Crippen LogP contribution in [0.1, 0.15) is 29.7 Å². The number of ether oxygens (including phenoxy) is 1. The minimum absolute atomic E-state index is 0.138. The number of hydrogen-bond acceptors (Lipinski definition) is 3. The van der Waals surface area contributed by atoms with Gasteiger partial charge in [0.15, 0.2) is 11.6 Å². The molecule has 0 amide bonds. The molecule has 0 aromatic heterocycles. The van der Waals surface area contributed by atoms with E-state index in [1.807, 2.05) is 6.07 Å². The van der Waals surface area contributed by atoms with E-state index in [9.17, 15) is 9.50 Å². The van der Waals surface area contributed by atoms with Gasteiger partial charge in [-0.3, -0.25) is 0 Å². The largest absolute Gasteiger partial charge is 0.486 e. The van der Waals surface area contributed by atoms with Crippen molar-refractivity contribution in [1.29, 1.82) is 5.26 Å². The molecular weight excluding hydrogens is 257 g/mol. The molecule has 0 saturated heterocycles. The molecule has 0 aliphatic carbocycles. The highest BCUT2D eigenvalue weighted by atomic mass is 19.1. The Hall–Kier alpha value is -2.38. The summed E-state index contributed by atoms with van der Waals surface area (Å²) in [5.41, 5.74) is 1.93. The first-order valence-electron chi connectivity index (χ1n) is 6.19. The Bertz CT molecular complexity index is 630. The Kier molecular flexibility index (Phi) is 4.34. The molecular formula is C16H14FNO2. The van der Waals surface area contributed by atoms with Gasteiger partial charge in [0.25, 0.3) is 0 Å². The number of rotatable bonds is 4. The molecule has 0 aliphatic heterocycles. The average Bonchev–Trinajstić information content (AvgIpc) is 2.46. The lowest BCUT2D eigenvalue weighted by Gasteiger charge is -2.10. The fraction of sp³-hybridized carbons (Fsp3) is 0.188. The number of benzene rings is 2. The van der Waals surface area contributed by atoms with Crippen LogP contribution < -0.4 is 4.74 Å². The molecule has 4 heteroatoms. The van der Waals surface area contributed by atoms with Gasteiger partial charge in [-0.15, -0.1) is 0 Å². The van der Waals surface area contributed by atoms with Gasteiger partial charge in [0.2, 0.25) is 0 Å². The van der Waals surface area contributed by atoms with Crippen molar-refractivity contribution in [3.8, 4) is 11.8 Å². The minimum atomic E-state index is -0.711. The average molecular weight is 271 g/mol. The summed E-state index contributed by atoms with van der Waals surface area (Å²) in [7, 11) is 0. The highest BCUT2D eigenvalue weighted by Gasteiger charge is 2.08. The van der Waals surface area contributed by atoms with E-state index in [1.54, 1.807) is 37.3 Å². The van der Waals surface area contributed by atoms with Crippen molar-refractivity contribution in [2.45, 2.75) is 19.6 Å². The van der Waals surface area contributed by atoms with Crippen molar-refractivity contribution in [3.05, 3.63) is 65.0 Å². The third-order valence-electron chi connectivity index (χ3n) is 2.92. The second-order valence-corrected chi connectivity index (χ2v) is 4.46. The van der Waals surface area contributed by atoms with Crippen LogP contribution in [-0.2, 0) is 6.61 Å². The molecule has 0 aliphatic rings. The van der Waals surface area contributed by atoms with Crippen LogP contribution in [0.25, 0.3) is 0 Å². The second-order valence-electron chi connectivity index (χ2n) is 4.46. The summed E-state index contributed by atoms with van der Waals surface area (Å²) in [6.07, 6.45) is -0.711. The fourth-order valence-corrected chi connectivity index (χ4v) is 1.73. The molecule has 1 N–H and O–H groups in total. The summed E-state index contributed by atoms with van der Waals surface area (Å²) in [6, 6.07) is 13.3. The summed E-state index contributed by atoms with van der Waals surface area (Å²) in [4.78, 5) is 0. The topological polar surface area (TPSA) is 53.2 Å². The quantitative estimate of drug-likeness (QED) is 0.928. The van der Waals surface area contributed by atoms with Crippen LogP contribution >= 0.6 is 0 Å². The summed E-state index contributed by atoms with van der Waals surface area (Å²) in [6.45, 7) is 1.79. The lowest BCUT2D eigenvalue weighted by molar-refractivity contribution is 0.198. The Morgan fingerprint density at radius 2 is 1.95 bits per heavy atom. The molecule has 3 nitrogen and oxygen atoms in total. The third kappa shape index (κ3) is 3.34. The molecule has 0 bridgehead atoms. The maximum absolute atomic E-state index is 13.8. The van der Waals surface area contributed by atoms with Crippen molar-refractivity contribution in [2.24, 2.45) is 0 Å². The van der Waals surface area contributed by atoms with E-state index < -0.39 is 11.9 Å². The van der Waals surface area contributed by atoms with Crippen LogP contribution in [0.3, 0.4) is 0 Å². The molecule has 0 unspecified atom stereocenters. The Balaban J connectivity index is 2.05. The maximum Gasteiger partial charge on any atom is 0.165 e. The molecule has 0 saturated carbocycles. The van der Waals surface area contributed by atoms with Crippen molar-refractivity contribution < 1.29 is 14.2 Å². The van der Waals surface area contributed by atoms with Crippen LogP contribution in [-0.4, -0.2) is 5.11 Å². The number of nitriles is 1. The first-order valence-corrected chi connectivity index (χ1v) is 6.19. The van der Waals surface area contributed by atoms with Gasteiger partial charge in [0.1, 0.15) is 6.61 Å². The molecule has 102 valence electrons. The van der Waals surface area contributed by atoms with Crippen LogP contribution in [0.4, 0.5) is 4.39 Å². The number of nitrogens with zero attached hydrogens (tertiary/aromatic N) is 1. The number of aliphatic hydroxyl groups is 1. The Morgan fingerprint density at radius 1 is 1.25 bits per heavy atom. The highest BCUT2D eigenvalue weighted by Crippen LogP contribution is 2.22. The first-order chi connectivity index (χ1) is 9.60. The molecule has 20 heavy (non-hydrogen) atoms. The Morgan fingerprint density at radius 3 is 2.50 bits per heavy atom. The predicted molar refractivity (Wildman–Crippen MR) is 72.5 cm³/mol. The zero-order valence-corrected chi connectivity index (χ0v) is 11.0. The molecule has 1 atom stereocenters. The van der Waals surface area contributed by atoms with E-state index in [-0.39, 0.29) is 12.4 Å². The molecule has 0 spiro atoms. The number of halogens is 1. The molecule has 2 aromatic carbocycles. The lowest BCUT2D eigenvalue weighted by atomic mass is 10.1. The van der Waals surface area contributed by atoms with E-state index in [0.29, 0.717) is 11.1 Å². The zero-order valence-electron chi connectivity index (χ0n) is 11.0. The van der Waals surface area contributed by atoms with Gasteiger partial charge in [-0.25, -0.2) is 4.39 Å². The molecule has 2 aromatic rings. The van der Waals surface area contributed by atoms with Crippen LogP contribution in [0.5, 0.6) is 5.75 Å². The summed E-state index contributed by atoms with van der Waals surface area (Å²) in [5, 5.41) is 18.1. The van der Waals surface area contributed by atoms with Gasteiger partial charge in [-0.05, 0) is 42.3 Å². The van der Waals surface area contributed by atoms with Crippen LogP contribution in [0.15, 0.2) is 42.5 Å². The summed E-state index contributed by atoms with van der Waals surface area (Å²) >= 11 is 0. The predicted octanol–water partition coefficient (Wildman–Crippen LogP) is 3.33. The first kappa shape index (κ1) is 14.0. The van der Waals surface area contributed by atoms with Crippen molar-refractivity contribution in [3.63, 3.8) is 0 Å². The van der Waals surface area contributed by atoms with E-state index >= 15 is 0 Å². The van der Waals surface area contributed by atoms with Crippen molar-refractivity contribution in [2.75, 3.05) is 0 Å². The van der Waals surface area contributed by atoms with Gasteiger partial charge in [0.05, 0.1) is 17.7 Å². The van der Waals surface area contributed by atoms with Crippen molar-refractivity contribution in [1.82, 2.24) is 0 Å². The van der Waals surface area contributed by atoms with Crippen LogP contribution in [0, 0.1) is 17.1 Å². The maximum atomic E-state index is 13.8. The monoisotopic (exact) mass is 271 g/mol. The molecule has 0 fully saturated rings. The normalized spacial score (nSPS) is 11.7. The zero-order chi connectivity index (χ0) is 14.5. The van der Waals surface area contributed by atoms with E-state index in [1.165, 1.54) is 12.1 Å². The molecule has 0 radical (unpaired) electrons. The minimum Gasteiger partial charge on any atom is -0.486 e. The second kappa shape index (κ2) is 6.18. The Labute approximate surface area is 116 Å². The number of hydrogen-bond donors (Lipinski definition) is 1. The molecule has 0 heterocycles. The standard InChI is InChI=1S/C16H14FNO2/c1-11(19)14-6-7-16(15(17)8-14)20-10-13-4-2-12(9-18)3-5-13/h2-8,11,19H,10H2,1H3/t11-/m1/s1. The van der Waals surface area contributed by atoms with E-state index in [2.05, 4.69) is 0 Å². The molecule has 2 rings (SSSR count). The fourth-order valence-electron chi connectivity index (χ4n) is 1.73. The summed E-state index contributed by atoms with van der Waals surface area (Å²) < 4.78 is 19.1. The third-order valence-corrected chi connectivity index (χ3v) is 2.92. The van der Waals surface area contributed by atoms with Gasteiger partial charge in [-0.1, -0.05) is 18.2 Å². The smallest absolute Gasteiger partial charge is 0.165 e. The van der Waals surface area contributed by atoms with Crippen LogP contribution in [0.2, 0.25) is 0 Å². The van der Waals surface area contributed by atoms with Gasteiger partial charge in [0, 0.05) is 0 Å². The SMILES string of the molecule is C[C@@H](O)c1ccc(OCc2ccc(C#N)cc2)c(F)c1. The van der Waals surface area contributed by atoms with Gasteiger partial charge < -0.3 is 9.84 Å². The van der Waals surface area contributed by atoms with E-state index in [4.69, 9.17) is 10.00 Å². The van der Waals surface area contributed by atoms with Crippen molar-refractivity contribution >= 4 is 0 Å². The van der Waals surface area contributed by atoms with E-state index in [0.717, 1.165) is 5.56 Å². The lowest BCUT2D eigenvalue weighted by Crippen LogP contribution is -1.99. The van der Waals surface area contributed by atoms with Gasteiger partial charge >= 0.3 is 0 Å². The van der Waals surface area contributed by atoms with Gasteiger partial charge in [-0.2, -0.15) is 5.26 Å². The highest BCUT2D eigenvalue weighted by molar-refractivity contribution is 5.33. The summed E-state index contributed by atoms with van der Waals surface area (Å²) in [5.74, 6) is -0.365. The number of aliphatic hydroxyl groups excluding tert-OH is 1.